The summed E-state index contributed by atoms with van der Waals surface area (Å²) in [4.78, 5) is 34.0. The number of piperidine rings is 1. The van der Waals surface area contributed by atoms with Gasteiger partial charge in [0.05, 0.1) is 0 Å². The first-order valence-corrected chi connectivity index (χ1v) is 4.76. The molecule has 1 aromatic heterocycles. The lowest BCUT2D eigenvalue weighted by Gasteiger charge is -2.21. The number of rotatable bonds is 1. The third-order valence-electron chi connectivity index (χ3n) is 2.41. The monoisotopic (exact) mass is 222 g/mol. The van der Waals surface area contributed by atoms with Crippen molar-refractivity contribution in [3.8, 4) is 0 Å². The molecule has 2 rings (SSSR count). The van der Waals surface area contributed by atoms with Gasteiger partial charge in [-0.1, -0.05) is 0 Å². The number of carbonyl (C=O) groups excluding carboxylic acids is 2. The van der Waals surface area contributed by atoms with E-state index in [2.05, 4.69) is 10.4 Å². The summed E-state index contributed by atoms with van der Waals surface area (Å²) in [7, 11) is 0. The molecule has 0 radical (unpaired) electrons. The highest BCUT2D eigenvalue weighted by Crippen LogP contribution is 2.15. The fraction of sp³-hybridized carbons (Fsp3) is 0.333. The number of nitrogens with one attached hydrogen (secondary N) is 1. The largest absolute Gasteiger partial charge is 0.394 e. The zero-order chi connectivity index (χ0) is 11.7. The Morgan fingerprint density at radius 2 is 2.19 bits per heavy atom. The molecule has 0 aromatic carbocycles. The van der Waals surface area contributed by atoms with Gasteiger partial charge in [0, 0.05) is 12.6 Å². The number of amides is 2. The van der Waals surface area contributed by atoms with Crippen molar-refractivity contribution in [1.29, 1.82) is 0 Å². The van der Waals surface area contributed by atoms with Gasteiger partial charge in [-0.3, -0.25) is 19.7 Å². The Morgan fingerprint density at radius 1 is 1.44 bits per heavy atom. The summed E-state index contributed by atoms with van der Waals surface area (Å²) in [6.07, 6.45) is 1.81. The molecule has 0 saturated carbocycles. The van der Waals surface area contributed by atoms with Crippen molar-refractivity contribution in [1.82, 2.24) is 15.1 Å². The first-order chi connectivity index (χ1) is 7.59. The molecule has 1 fully saturated rings. The average molecular weight is 222 g/mol. The van der Waals surface area contributed by atoms with Gasteiger partial charge in [-0.05, 0) is 12.5 Å². The van der Waals surface area contributed by atoms with Crippen LogP contribution in [0.25, 0.3) is 0 Å². The van der Waals surface area contributed by atoms with Crippen molar-refractivity contribution < 1.29 is 9.59 Å². The average Bonchev–Trinajstić information content (AvgIpc) is 2.23. The van der Waals surface area contributed by atoms with E-state index < -0.39 is 17.5 Å². The summed E-state index contributed by atoms with van der Waals surface area (Å²) >= 11 is 0. The summed E-state index contributed by atoms with van der Waals surface area (Å²) in [6, 6.07) is 0.610. The van der Waals surface area contributed by atoms with Crippen LogP contribution in [0, 0.1) is 0 Å². The minimum absolute atomic E-state index is 0.0275. The van der Waals surface area contributed by atoms with Gasteiger partial charge in [0.2, 0.25) is 5.91 Å². The maximum absolute atomic E-state index is 11.6. The molecule has 3 N–H and O–H groups in total. The van der Waals surface area contributed by atoms with Gasteiger partial charge >= 0.3 is 0 Å². The van der Waals surface area contributed by atoms with E-state index in [9.17, 15) is 14.4 Å². The lowest BCUT2D eigenvalue weighted by Crippen LogP contribution is -2.45. The lowest BCUT2D eigenvalue weighted by atomic mass is 10.1. The van der Waals surface area contributed by atoms with Crippen LogP contribution in [0.2, 0.25) is 0 Å². The molecule has 1 unspecified atom stereocenters. The van der Waals surface area contributed by atoms with Crippen LogP contribution in [0.5, 0.6) is 0 Å². The molecule has 2 amide bonds. The number of hydrogen-bond acceptors (Lipinski definition) is 5. The molecule has 84 valence electrons. The van der Waals surface area contributed by atoms with Crippen LogP contribution < -0.4 is 16.6 Å². The number of nitrogens with zero attached hydrogens (tertiary/aromatic N) is 2. The van der Waals surface area contributed by atoms with Crippen LogP contribution >= 0.6 is 0 Å². The van der Waals surface area contributed by atoms with Gasteiger partial charge in [-0.15, -0.1) is 0 Å². The summed E-state index contributed by atoms with van der Waals surface area (Å²) in [5.74, 6) is -0.852. The molecule has 1 saturated heterocycles. The Morgan fingerprint density at radius 3 is 2.88 bits per heavy atom. The van der Waals surface area contributed by atoms with Crippen molar-refractivity contribution in [2.45, 2.75) is 18.9 Å². The van der Waals surface area contributed by atoms with E-state index >= 15 is 0 Å². The van der Waals surface area contributed by atoms with Gasteiger partial charge in [0.1, 0.15) is 11.7 Å². The molecule has 1 aliphatic rings. The molecular weight excluding hydrogens is 212 g/mol. The quantitative estimate of drug-likeness (QED) is 0.580. The number of aromatic nitrogens is 2. The number of imide groups is 1. The molecule has 0 aliphatic carbocycles. The zero-order valence-electron chi connectivity index (χ0n) is 8.34. The van der Waals surface area contributed by atoms with E-state index in [1.54, 1.807) is 0 Å². The van der Waals surface area contributed by atoms with Gasteiger partial charge < -0.3 is 5.73 Å². The third-order valence-corrected chi connectivity index (χ3v) is 2.41. The molecule has 2 heterocycles. The number of hydrogen-bond donors (Lipinski definition) is 2. The second-order valence-corrected chi connectivity index (χ2v) is 3.50. The molecule has 0 bridgehead atoms. The summed E-state index contributed by atoms with van der Waals surface area (Å²) in [5, 5.41) is 5.95. The van der Waals surface area contributed by atoms with Crippen molar-refractivity contribution in [2.24, 2.45) is 0 Å². The molecule has 7 nitrogen and oxygen atoms in total. The highest BCUT2D eigenvalue weighted by Gasteiger charge is 2.29. The number of carbonyl (C=O) groups is 2. The van der Waals surface area contributed by atoms with E-state index in [1.807, 2.05) is 0 Å². The van der Waals surface area contributed by atoms with E-state index in [0.717, 1.165) is 4.68 Å². The number of nitrogens with two attached hydrogens (primary N) is 1. The molecular formula is C9H10N4O3. The van der Waals surface area contributed by atoms with Crippen LogP contribution in [0.3, 0.4) is 0 Å². The Hall–Kier alpha value is -2.18. The third kappa shape index (κ3) is 1.67. The van der Waals surface area contributed by atoms with Crippen LogP contribution in [-0.4, -0.2) is 21.6 Å². The highest BCUT2D eigenvalue weighted by molar-refractivity contribution is 5.99. The standard InChI is InChI=1S/C9H10N4O3/c10-5-3-4-11-13(9(5)16)6-1-2-7(14)12-8(6)15/h3-4,6H,1-2,10H2,(H,12,14,15). The maximum atomic E-state index is 11.6. The normalized spacial score (nSPS) is 20.6. The van der Waals surface area contributed by atoms with Crippen LogP contribution in [0.4, 0.5) is 5.69 Å². The van der Waals surface area contributed by atoms with E-state index in [-0.39, 0.29) is 24.4 Å². The molecule has 0 spiro atoms. The van der Waals surface area contributed by atoms with Crippen molar-refractivity contribution in [2.75, 3.05) is 5.73 Å². The topological polar surface area (TPSA) is 107 Å². The SMILES string of the molecule is Nc1ccnn(C2CCC(=O)NC2=O)c1=O. The smallest absolute Gasteiger partial charge is 0.290 e. The number of nitrogen functional groups attached to an aromatic ring is 1. The van der Waals surface area contributed by atoms with Gasteiger partial charge in [-0.2, -0.15) is 5.10 Å². The van der Waals surface area contributed by atoms with Gasteiger partial charge in [-0.25, -0.2) is 4.68 Å². The van der Waals surface area contributed by atoms with Crippen LogP contribution in [0.15, 0.2) is 17.1 Å². The van der Waals surface area contributed by atoms with Crippen LogP contribution in [-0.2, 0) is 9.59 Å². The van der Waals surface area contributed by atoms with Crippen LogP contribution in [0.1, 0.15) is 18.9 Å². The highest BCUT2D eigenvalue weighted by atomic mass is 16.2. The second-order valence-electron chi connectivity index (χ2n) is 3.50. The van der Waals surface area contributed by atoms with Crippen molar-refractivity contribution >= 4 is 17.5 Å². The first-order valence-electron chi connectivity index (χ1n) is 4.76. The Bertz CT molecular complexity index is 508. The molecule has 1 atom stereocenters. The van der Waals surface area contributed by atoms with Gasteiger partial charge in [0.25, 0.3) is 11.5 Å². The van der Waals surface area contributed by atoms with E-state index in [4.69, 9.17) is 5.73 Å². The predicted molar refractivity (Wildman–Crippen MR) is 54.3 cm³/mol. The van der Waals surface area contributed by atoms with E-state index in [1.165, 1.54) is 12.3 Å². The predicted octanol–water partition coefficient (Wildman–Crippen LogP) is -1.20. The molecule has 7 heteroatoms. The van der Waals surface area contributed by atoms with E-state index in [0.29, 0.717) is 0 Å². The second kappa shape index (κ2) is 3.76. The minimum atomic E-state index is -0.756. The summed E-state index contributed by atoms with van der Waals surface area (Å²) in [5.41, 5.74) is 4.94. The zero-order valence-corrected chi connectivity index (χ0v) is 8.34. The molecule has 1 aromatic rings. The summed E-state index contributed by atoms with van der Waals surface area (Å²) in [6.45, 7) is 0. The number of anilines is 1. The lowest BCUT2D eigenvalue weighted by molar-refractivity contribution is -0.136. The first kappa shape index (κ1) is 10.3. The maximum Gasteiger partial charge on any atom is 0.290 e. The van der Waals surface area contributed by atoms with Gasteiger partial charge in [0.15, 0.2) is 0 Å². The Balaban J connectivity index is 2.38. The Kier molecular flexibility index (Phi) is 2.43. The molecule has 16 heavy (non-hydrogen) atoms. The minimum Gasteiger partial charge on any atom is -0.394 e. The fourth-order valence-corrected chi connectivity index (χ4v) is 1.58. The van der Waals surface area contributed by atoms with Crippen molar-refractivity contribution in [3.05, 3.63) is 22.6 Å². The Labute approximate surface area is 90.2 Å². The molecule has 1 aliphatic heterocycles. The van der Waals surface area contributed by atoms with Crippen molar-refractivity contribution in [3.63, 3.8) is 0 Å². The fourth-order valence-electron chi connectivity index (χ4n) is 1.58. The summed E-state index contributed by atoms with van der Waals surface area (Å²) < 4.78 is 1.01.